The summed E-state index contributed by atoms with van der Waals surface area (Å²) in [5.41, 5.74) is 3.32. The fourth-order valence-corrected chi connectivity index (χ4v) is 3.84. The molecule has 0 aliphatic carbocycles. The van der Waals surface area contributed by atoms with E-state index in [0.29, 0.717) is 5.15 Å². The summed E-state index contributed by atoms with van der Waals surface area (Å²) >= 11 is 9.64. The molecule has 0 radical (unpaired) electrons. The van der Waals surface area contributed by atoms with E-state index in [-0.39, 0.29) is 0 Å². The second-order valence-corrected chi connectivity index (χ2v) is 6.73. The summed E-state index contributed by atoms with van der Waals surface area (Å²) in [6.07, 6.45) is 1.73. The van der Waals surface area contributed by atoms with E-state index < -0.39 is 0 Å². The lowest BCUT2D eigenvalue weighted by atomic mass is 10.2. The Morgan fingerprint density at radius 2 is 2.20 bits per heavy atom. The molecular weight excluding hydrogens is 308 g/mol. The predicted molar refractivity (Wildman–Crippen MR) is 88.9 cm³/mol. The van der Waals surface area contributed by atoms with Gasteiger partial charge in [0.05, 0.1) is 5.69 Å². The Bertz CT molecular complexity index is 684. The van der Waals surface area contributed by atoms with Gasteiger partial charge in [0.15, 0.2) is 5.15 Å². The standard InChI is InChI=1S/C15H13ClN2S2/c1-10-4-5-17-15(16)14(10)18-8-12-7-11(9-20-12)13-3-2-6-19-13/h2-7,9,18H,8H2,1H3. The predicted octanol–water partition coefficient (Wildman–Crippen LogP) is 5.45. The largest absolute Gasteiger partial charge is 0.377 e. The summed E-state index contributed by atoms with van der Waals surface area (Å²) in [7, 11) is 0. The number of aromatic nitrogens is 1. The van der Waals surface area contributed by atoms with Crippen molar-refractivity contribution in [2.45, 2.75) is 13.5 Å². The van der Waals surface area contributed by atoms with Gasteiger partial charge in [-0.2, -0.15) is 0 Å². The lowest BCUT2D eigenvalue weighted by Crippen LogP contribution is -2.01. The molecule has 3 rings (SSSR count). The first-order chi connectivity index (χ1) is 9.74. The maximum Gasteiger partial charge on any atom is 0.152 e. The molecule has 0 fully saturated rings. The van der Waals surface area contributed by atoms with E-state index in [2.05, 4.69) is 39.3 Å². The van der Waals surface area contributed by atoms with E-state index in [1.165, 1.54) is 15.3 Å². The van der Waals surface area contributed by atoms with Crippen molar-refractivity contribution >= 4 is 40.0 Å². The van der Waals surface area contributed by atoms with Crippen molar-refractivity contribution in [3.63, 3.8) is 0 Å². The van der Waals surface area contributed by atoms with Gasteiger partial charge in [-0.05, 0) is 41.4 Å². The minimum Gasteiger partial charge on any atom is -0.377 e. The number of nitrogens with one attached hydrogen (secondary N) is 1. The van der Waals surface area contributed by atoms with Crippen molar-refractivity contribution < 1.29 is 0 Å². The molecule has 0 bridgehead atoms. The van der Waals surface area contributed by atoms with Crippen LogP contribution in [0.25, 0.3) is 10.4 Å². The van der Waals surface area contributed by atoms with Crippen LogP contribution < -0.4 is 5.32 Å². The van der Waals surface area contributed by atoms with Crippen LogP contribution in [0.15, 0.2) is 41.2 Å². The van der Waals surface area contributed by atoms with Crippen LogP contribution in [0.1, 0.15) is 10.4 Å². The van der Waals surface area contributed by atoms with Crippen molar-refractivity contribution in [1.82, 2.24) is 4.98 Å². The Balaban J connectivity index is 1.73. The van der Waals surface area contributed by atoms with Crippen LogP contribution in [-0.4, -0.2) is 4.98 Å². The summed E-state index contributed by atoms with van der Waals surface area (Å²) in [5, 5.41) is 8.20. The molecule has 0 aliphatic rings. The Morgan fingerprint density at radius 3 is 2.95 bits per heavy atom. The molecule has 0 spiro atoms. The highest BCUT2D eigenvalue weighted by molar-refractivity contribution is 7.14. The number of nitrogens with zero attached hydrogens (tertiary/aromatic N) is 1. The van der Waals surface area contributed by atoms with Crippen LogP contribution in [0.5, 0.6) is 0 Å². The first-order valence-electron chi connectivity index (χ1n) is 6.20. The molecule has 0 aromatic carbocycles. The van der Waals surface area contributed by atoms with Gasteiger partial charge in [-0.1, -0.05) is 17.7 Å². The molecule has 0 saturated carbocycles. The number of hydrogen-bond donors (Lipinski definition) is 1. The molecule has 2 nitrogen and oxygen atoms in total. The molecule has 3 aromatic heterocycles. The quantitative estimate of drug-likeness (QED) is 0.647. The molecule has 3 aromatic rings. The summed E-state index contributed by atoms with van der Waals surface area (Å²) in [6, 6.07) is 8.41. The molecule has 0 atom stereocenters. The fourth-order valence-electron chi connectivity index (χ4n) is 1.96. The van der Waals surface area contributed by atoms with Crippen LogP contribution in [0.2, 0.25) is 5.15 Å². The first kappa shape index (κ1) is 13.6. The van der Waals surface area contributed by atoms with Crippen molar-refractivity contribution in [2.75, 3.05) is 5.32 Å². The van der Waals surface area contributed by atoms with Gasteiger partial charge in [-0.25, -0.2) is 4.98 Å². The van der Waals surface area contributed by atoms with Crippen LogP contribution in [-0.2, 0) is 6.54 Å². The van der Waals surface area contributed by atoms with Gasteiger partial charge in [-0.3, -0.25) is 0 Å². The van der Waals surface area contributed by atoms with E-state index >= 15 is 0 Å². The Labute approximate surface area is 131 Å². The maximum atomic E-state index is 6.11. The van der Waals surface area contributed by atoms with Crippen LogP contribution in [0.4, 0.5) is 5.69 Å². The molecule has 0 aliphatic heterocycles. The number of aryl methyl sites for hydroxylation is 1. The third-order valence-electron chi connectivity index (χ3n) is 3.01. The van der Waals surface area contributed by atoms with Gasteiger partial charge in [0.2, 0.25) is 0 Å². The molecule has 3 heterocycles. The molecule has 0 unspecified atom stereocenters. The Kier molecular flexibility index (Phi) is 4.05. The topological polar surface area (TPSA) is 24.9 Å². The number of hydrogen-bond acceptors (Lipinski definition) is 4. The molecular formula is C15H13ClN2S2. The smallest absolute Gasteiger partial charge is 0.152 e. The zero-order chi connectivity index (χ0) is 13.9. The second kappa shape index (κ2) is 5.95. The van der Waals surface area contributed by atoms with Crippen molar-refractivity contribution in [2.24, 2.45) is 0 Å². The van der Waals surface area contributed by atoms with Crippen LogP contribution >= 0.6 is 34.3 Å². The second-order valence-electron chi connectivity index (χ2n) is 4.43. The summed E-state index contributed by atoms with van der Waals surface area (Å²) in [4.78, 5) is 6.70. The van der Waals surface area contributed by atoms with Crippen molar-refractivity contribution in [1.29, 1.82) is 0 Å². The summed E-state index contributed by atoms with van der Waals surface area (Å²) in [6.45, 7) is 2.80. The molecule has 0 amide bonds. The fraction of sp³-hybridized carbons (Fsp3) is 0.133. The molecule has 102 valence electrons. The lowest BCUT2D eigenvalue weighted by Gasteiger charge is -2.09. The van der Waals surface area contributed by atoms with Gasteiger partial charge >= 0.3 is 0 Å². The summed E-state index contributed by atoms with van der Waals surface area (Å²) < 4.78 is 0. The third kappa shape index (κ3) is 2.87. The molecule has 1 N–H and O–H groups in total. The highest BCUT2D eigenvalue weighted by Crippen LogP contribution is 2.30. The number of anilines is 1. The Morgan fingerprint density at radius 1 is 1.30 bits per heavy atom. The number of thiophene rings is 2. The molecule has 0 saturated heterocycles. The third-order valence-corrected chi connectivity index (χ3v) is 5.15. The maximum absolute atomic E-state index is 6.11. The van der Waals surface area contributed by atoms with Gasteiger partial charge in [0.1, 0.15) is 0 Å². The number of halogens is 1. The number of pyridine rings is 1. The van der Waals surface area contributed by atoms with Gasteiger partial charge in [0.25, 0.3) is 0 Å². The van der Waals surface area contributed by atoms with Crippen LogP contribution in [0.3, 0.4) is 0 Å². The van der Waals surface area contributed by atoms with Crippen molar-refractivity contribution in [3.05, 3.63) is 56.8 Å². The van der Waals surface area contributed by atoms with Crippen molar-refractivity contribution in [3.8, 4) is 10.4 Å². The summed E-state index contributed by atoms with van der Waals surface area (Å²) in [5.74, 6) is 0. The highest BCUT2D eigenvalue weighted by Gasteiger charge is 2.07. The first-order valence-corrected chi connectivity index (χ1v) is 8.34. The van der Waals surface area contributed by atoms with Crippen LogP contribution in [0, 0.1) is 6.92 Å². The average Bonchev–Trinajstić information content (AvgIpc) is 3.09. The van der Waals surface area contributed by atoms with E-state index in [1.807, 2.05) is 13.0 Å². The minimum absolute atomic E-state index is 0.528. The SMILES string of the molecule is Cc1ccnc(Cl)c1NCc1cc(-c2cccs2)cs1. The zero-order valence-electron chi connectivity index (χ0n) is 10.9. The molecule has 20 heavy (non-hydrogen) atoms. The minimum atomic E-state index is 0.528. The normalized spacial score (nSPS) is 10.7. The van der Waals surface area contributed by atoms with E-state index in [0.717, 1.165) is 17.8 Å². The highest BCUT2D eigenvalue weighted by atomic mass is 35.5. The number of rotatable bonds is 4. The van der Waals surface area contributed by atoms with Gasteiger partial charge in [-0.15, -0.1) is 22.7 Å². The van der Waals surface area contributed by atoms with E-state index in [4.69, 9.17) is 11.6 Å². The van der Waals surface area contributed by atoms with E-state index in [1.54, 1.807) is 28.9 Å². The van der Waals surface area contributed by atoms with Gasteiger partial charge in [0, 0.05) is 28.1 Å². The molecule has 5 heteroatoms. The monoisotopic (exact) mass is 320 g/mol. The van der Waals surface area contributed by atoms with Gasteiger partial charge < -0.3 is 5.32 Å². The Hall–Kier alpha value is -1.36. The average molecular weight is 321 g/mol. The zero-order valence-corrected chi connectivity index (χ0v) is 13.3. The lowest BCUT2D eigenvalue weighted by molar-refractivity contribution is 1.16. The van der Waals surface area contributed by atoms with E-state index in [9.17, 15) is 0 Å².